The molecule has 0 atom stereocenters. The highest BCUT2D eigenvalue weighted by atomic mass is 16.3. The number of nitrogens with one attached hydrogen (secondary N) is 1. The van der Waals surface area contributed by atoms with Gasteiger partial charge in [0.15, 0.2) is 0 Å². The number of rotatable bonds is 4. The van der Waals surface area contributed by atoms with E-state index in [0.29, 0.717) is 6.54 Å². The zero-order chi connectivity index (χ0) is 13.8. The highest BCUT2D eigenvalue weighted by Gasteiger charge is 1.98. The number of pyridine rings is 1. The van der Waals surface area contributed by atoms with Gasteiger partial charge in [-0.1, -0.05) is 12.1 Å². The van der Waals surface area contributed by atoms with Gasteiger partial charge in [-0.25, -0.2) is 9.97 Å². The van der Waals surface area contributed by atoms with Crippen LogP contribution >= 0.6 is 0 Å². The summed E-state index contributed by atoms with van der Waals surface area (Å²) in [6.07, 6.45) is 7.08. The molecule has 2 N–H and O–H groups in total. The lowest BCUT2D eigenvalue weighted by Gasteiger charge is -2.07. The van der Waals surface area contributed by atoms with Gasteiger partial charge in [0, 0.05) is 18.9 Å². The van der Waals surface area contributed by atoms with Gasteiger partial charge in [-0.2, -0.15) is 0 Å². The maximum absolute atomic E-state index is 9.23. The number of anilines is 1. The summed E-state index contributed by atoms with van der Waals surface area (Å²) in [7, 11) is 0. The monoisotopic (exact) mass is 266 g/mol. The topological polar surface area (TPSA) is 63.0 Å². The van der Waals surface area contributed by atoms with Gasteiger partial charge in [0.05, 0.1) is 11.9 Å². The van der Waals surface area contributed by atoms with Crippen LogP contribution in [-0.2, 0) is 6.54 Å². The van der Waals surface area contributed by atoms with Gasteiger partial charge in [-0.15, -0.1) is 0 Å². The van der Waals surface area contributed by atoms with E-state index >= 15 is 0 Å². The molecule has 5 nitrogen and oxygen atoms in total. The van der Waals surface area contributed by atoms with Gasteiger partial charge in [0.1, 0.15) is 17.9 Å². The van der Waals surface area contributed by atoms with Crippen LogP contribution < -0.4 is 5.32 Å². The third kappa shape index (κ3) is 2.77. The van der Waals surface area contributed by atoms with Crippen molar-refractivity contribution >= 4 is 5.69 Å². The van der Waals surface area contributed by atoms with Gasteiger partial charge in [-0.3, -0.25) is 4.57 Å². The summed E-state index contributed by atoms with van der Waals surface area (Å²) < 4.78 is 1.85. The normalized spacial score (nSPS) is 10.4. The van der Waals surface area contributed by atoms with E-state index in [0.717, 1.165) is 17.1 Å². The fourth-order valence-corrected chi connectivity index (χ4v) is 1.86. The van der Waals surface area contributed by atoms with Gasteiger partial charge in [-0.05, 0) is 29.8 Å². The van der Waals surface area contributed by atoms with Crippen LogP contribution in [0, 0.1) is 0 Å². The molecule has 0 aliphatic rings. The van der Waals surface area contributed by atoms with Crippen LogP contribution in [0.4, 0.5) is 5.69 Å². The quantitative estimate of drug-likeness (QED) is 0.762. The molecule has 2 heterocycles. The molecule has 0 spiro atoms. The Morgan fingerprint density at radius 1 is 1.10 bits per heavy atom. The summed E-state index contributed by atoms with van der Waals surface area (Å²) in [6.45, 7) is 0.687. The van der Waals surface area contributed by atoms with Gasteiger partial charge in [0.25, 0.3) is 0 Å². The third-order valence-electron chi connectivity index (χ3n) is 2.95. The minimum Gasteiger partial charge on any atom is -0.508 e. The Hall–Kier alpha value is -2.82. The number of imidazole rings is 1. The summed E-state index contributed by atoms with van der Waals surface area (Å²) in [5.74, 6) is 1.11. The summed E-state index contributed by atoms with van der Waals surface area (Å²) in [6, 6.07) is 11.0. The number of aromatic nitrogens is 3. The Labute approximate surface area is 116 Å². The van der Waals surface area contributed by atoms with Crippen LogP contribution in [0.3, 0.4) is 0 Å². The number of hydrogen-bond donors (Lipinski definition) is 2. The second-order valence-electron chi connectivity index (χ2n) is 4.40. The largest absolute Gasteiger partial charge is 0.508 e. The molecule has 0 fully saturated rings. The molecule has 100 valence electrons. The number of hydrogen-bond acceptors (Lipinski definition) is 4. The first-order valence-corrected chi connectivity index (χ1v) is 6.27. The molecule has 3 rings (SSSR count). The maximum atomic E-state index is 9.23. The van der Waals surface area contributed by atoms with Crippen molar-refractivity contribution in [2.75, 3.05) is 5.32 Å². The van der Waals surface area contributed by atoms with Gasteiger partial charge in [0.2, 0.25) is 0 Å². The molecule has 0 bridgehead atoms. The molecule has 0 aliphatic heterocycles. The van der Waals surface area contributed by atoms with Crippen molar-refractivity contribution < 1.29 is 5.11 Å². The molecule has 3 aromatic rings. The fraction of sp³-hybridized carbons (Fsp3) is 0.0667. The van der Waals surface area contributed by atoms with Gasteiger partial charge >= 0.3 is 0 Å². The SMILES string of the molecule is Oc1ccc(CNc2ccc(-n3ccnc3)nc2)cc1. The first-order valence-electron chi connectivity index (χ1n) is 6.27. The second-order valence-corrected chi connectivity index (χ2v) is 4.40. The average molecular weight is 266 g/mol. The van der Waals surface area contributed by atoms with E-state index in [1.807, 2.05) is 35.0 Å². The first kappa shape index (κ1) is 12.2. The van der Waals surface area contributed by atoms with Crippen LogP contribution in [-0.4, -0.2) is 19.6 Å². The van der Waals surface area contributed by atoms with E-state index in [2.05, 4.69) is 15.3 Å². The van der Waals surface area contributed by atoms with Crippen LogP contribution in [0.15, 0.2) is 61.3 Å². The van der Waals surface area contributed by atoms with E-state index < -0.39 is 0 Å². The van der Waals surface area contributed by atoms with Crippen molar-refractivity contribution in [2.45, 2.75) is 6.54 Å². The lowest BCUT2D eigenvalue weighted by molar-refractivity contribution is 0.475. The molecule has 0 radical (unpaired) electrons. The standard InChI is InChI=1S/C15H14N4O/c20-14-4-1-12(2-5-14)9-17-13-3-6-15(18-10-13)19-8-7-16-11-19/h1-8,10-11,17,20H,9H2. The van der Waals surface area contributed by atoms with Crippen LogP contribution in [0.5, 0.6) is 5.75 Å². The predicted molar refractivity (Wildman–Crippen MR) is 76.8 cm³/mol. The maximum Gasteiger partial charge on any atom is 0.137 e. The van der Waals surface area contributed by atoms with E-state index in [1.54, 1.807) is 30.9 Å². The molecule has 1 aromatic carbocycles. The van der Waals surface area contributed by atoms with Crippen molar-refractivity contribution in [3.05, 3.63) is 66.9 Å². The number of benzene rings is 1. The molecule has 0 saturated heterocycles. The molecule has 2 aromatic heterocycles. The Morgan fingerprint density at radius 2 is 1.95 bits per heavy atom. The molecule has 20 heavy (non-hydrogen) atoms. The minimum absolute atomic E-state index is 0.278. The van der Waals surface area contributed by atoms with E-state index in [-0.39, 0.29) is 5.75 Å². The van der Waals surface area contributed by atoms with E-state index in [9.17, 15) is 5.11 Å². The zero-order valence-electron chi connectivity index (χ0n) is 10.8. The predicted octanol–water partition coefficient (Wildman–Crippen LogP) is 2.58. The number of aromatic hydroxyl groups is 1. The lowest BCUT2D eigenvalue weighted by Crippen LogP contribution is -2.01. The fourth-order valence-electron chi connectivity index (χ4n) is 1.86. The lowest BCUT2D eigenvalue weighted by atomic mass is 10.2. The van der Waals surface area contributed by atoms with Crippen LogP contribution in [0.2, 0.25) is 0 Å². The Kier molecular flexibility index (Phi) is 3.33. The Bertz CT molecular complexity index is 660. The Morgan fingerprint density at radius 3 is 2.60 bits per heavy atom. The highest BCUT2D eigenvalue weighted by molar-refractivity contribution is 5.44. The zero-order valence-corrected chi connectivity index (χ0v) is 10.8. The molecule has 0 saturated carbocycles. The molecule has 0 unspecified atom stereocenters. The highest BCUT2D eigenvalue weighted by Crippen LogP contribution is 2.13. The summed E-state index contributed by atoms with van der Waals surface area (Å²) in [4.78, 5) is 8.36. The van der Waals surface area contributed by atoms with Crippen molar-refractivity contribution in [3.63, 3.8) is 0 Å². The van der Waals surface area contributed by atoms with Crippen molar-refractivity contribution in [1.82, 2.24) is 14.5 Å². The third-order valence-corrected chi connectivity index (χ3v) is 2.95. The van der Waals surface area contributed by atoms with Crippen LogP contribution in [0.1, 0.15) is 5.56 Å². The Balaban J connectivity index is 1.65. The summed E-state index contributed by atoms with van der Waals surface area (Å²) in [5, 5.41) is 12.5. The van der Waals surface area contributed by atoms with E-state index in [1.165, 1.54) is 0 Å². The minimum atomic E-state index is 0.278. The van der Waals surface area contributed by atoms with Crippen molar-refractivity contribution in [2.24, 2.45) is 0 Å². The van der Waals surface area contributed by atoms with Crippen molar-refractivity contribution in [3.8, 4) is 11.6 Å². The van der Waals surface area contributed by atoms with Crippen molar-refractivity contribution in [1.29, 1.82) is 0 Å². The summed E-state index contributed by atoms with van der Waals surface area (Å²) >= 11 is 0. The molecular formula is C15H14N4O. The first-order chi connectivity index (χ1) is 9.81. The number of nitrogens with zero attached hydrogens (tertiary/aromatic N) is 3. The molecule has 0 amide bonds. The average Bonchev–Trinajstić information content (AvgIpc) is 3.01. The van der Waals surface area contributed by atoms with Gasteiger partial charge < -0.3 is 10.4 Å². The molecule has 5 heteroatoms. The number of phenols is 1. The smallest absolute Gasteiger partial charge is 0.137 e. The molecular weight excluding hydrogens is 252 g/mol. The number of phenolic OH excluding ortho intramolecular Hbond substituents is 1. The van der Waals surface area contributed by atoms with E-state index in [4.69, 9.17) is 0 Å². The molecule has 0 aliphatic carbocycles. The summed E-state index contributed by atoms with van der Waals surface area (Å²) in [5.41, 5.74) is 2.04. The van der Waals surface area contributed by atoms with Crippen LogP contribution in [0.25, 0.3) is 5.82 Å². The second kappa shape index (κ2) is 5.44.